The second kappa shape index (κ2) is 7.62. The van der Waals surface area contributed by atoms with Crippen LogP contribution in [0.25, 0.3) is 0 Å². The van der Waals surface area contributed by atoms with E-state index >= 15 is 0 Å². The summed E-state index contributed by atoms with van der Waals surface area (Å²) in [5, 5.41) is 4.30. The zero-order chi connectivity index (χ0) is 16.9. The van der Waals surface area contributed by atoms with Crippen molar-refractivity contribution in [1.82, 2.24) is 5.43 Å². The van der Waals surface area contributed by atoms with Crippen LogP contribution in [0.3, 0.4) is 0 Å². The Bertz CT molecular complexity index is 787. The van der Waals surface area contributed by atoms with Crippen LogP contribution in [0.5, 0.6) is 5.75 Å². The fraction of sp³-hybridized carbons (Fsp3) is 0.263. The Labute approximate surface area is 150 Å². The van der Waals surface area contributed by atoms with Crippen LogP contribution in [0.15, 0.2) is 52.0 Å². The van der Waals surface area contributed by atoms with E-state index in [0.717, 1.165) is 40.6 Å². The highest BCUT2D eigenvalue weighted by Gasteiger charge is 2.15. The van der Waals surface area contributed by atoms with E-state index in [-0.39, 0.29) is 12.5 Å². The third-order valence-electron chi connectivity index (χ3n) is 3.95. The number of hydrogen-bond donors (Lipinski definition) is 1. The maximum atomic E-state index is 12.0. The minimum atomic E-state index is -0.266. The molecular formula is C19H19BrN2O2. The number of aryl methyl sites for hydroxylation is 2. The Kier molecular flexibility index (Phi) is 5.30. The molecule has 1 amide bonds. The van der Waals surface area contributed by atoms with Crippen LogP contribution < -0.4 is 10.2 Å². The Morgan fingerprint density at radius 2 is 2.08 bits per heavy atom. The van der Waals surface area contributed by atoms with Gasteiger partial charge in [0.1, 0.15) is 5.75 Å². The fourth-order valence-corrected chi connectivity index (χ4v) is 3.35. The molecule has 2 aromatic carbocycles. The molecule has 2 aromatic rings. The van der Waals surface area contributed by atoms with E-state index in [4.69, 9.17) is 4.74 Å². The Morgan fingerprint density at radius 1 is 1.25 bits per heavy atom. The molecule has 0 heterocycles. The molecule has 124 valence electrons. The van der Waals surface area contributed by atoms with Gasteiger partial charge in [0.2, 0.25) is 0 Å². The third-order valence-corrected chi connectivity index (χ3v) is 4.57. The molecule has 0 saturated heterocycles. The van der Waals surface area contributed by atoms with Crippen LogP contribution in [0.1, 0.15) is 29.5 Å². The normalized spacial score (nSPS) is 15.0. The van der Waals surface area contributed by atoms with E-state index in [1.165, 1.54) is 5.56 Å². The molecule has 0 unspecified atom stereocenters. The van der Waals surface area contributed by atoms with E-state index in [9.17, 15) is 4.79 Å². The molecule has 0 radical (unpaired) electrons. The Balaban J connectivity index is 1.60. The number of nitrogens with one attached hydrogen (secondary N) is 1. The molecule has 1 aliphatic rings. The number of nitrogens with zero attached hydrogens (tertiary/aromatic N) is 1. The predicted octanol–water partition coefficient (Wildman–Crippen LogP) is 3.99. The van der Waals surface area contributed by atoms with Gasteiger partial charge in [0.05, 0.1) is 10.2 Å². The zero-order valence-corrected chi connectivity index (χ0v) is 15.1. The number of benzene rings is 2. The first kappa shape index (κ1) is 16.7. The summed E-state index contributed by atoms with van der Waals surface area (Å²) in [6.07, 6.45) is 2.99. The molecule has 0 saturated carbocycles. The van der Waals surface area contributed by atoms with Crippen LogP contribution in [0.4, 0.5) is 0 Å². The van der Waals surface area contributed by atoms with E-state index in [0.29, 0.717) is 5.75 Å². The van der Waals surface area contributed by atoms with E-state index in [1.54, 1.807) is 0 Å². The standard InChI is InChI=1S/C19H19BrN2O2/c1-13-9-10-18(16(20)11-13)24-12-19(23)22-21-17-8-4-6-14-5-2-3-7-15(14)17/h2-3,5,7,9-11H,4,6,8,12H2,1H3,(H,22,23)/b21-17+. The van der Waals surface area contributed by atoms with Gasteiger partial charge in [-0.15, -0.1) is 0 Å². The number of hydrazone groups is 1. The number of halogens is 1. The SMILES string of the molecule is Cc1ccc(OCC(=O)N/N=C2\CCCc3ccccc32)c(Br)c1. The lowest BCUT2D eigenvalue weighted by molar-refractivity contribution is -0.123. The molecule has 1 N–H and O–H groups in total. The highest BCUT2D eigenvalue weighted by Crippen LogP contribution is 2.25. The molecule has 0 spiro atoms. The average molecular weight is 387 g/mol. The molecule has 3 rings (SSSR count). The Hall–Kier alpha value is -2.14. The van der Waals surface area contributed by atoms with Crippen molar-refractivity contribution in [2.75, 3.05) is 6.61 Å². The van der Waals surface area contributed by atoms with Crippen molar-refractivity contribution >= 4 is 27.5 Å². The molecule has 24 heavy (non-hydrogen) atoms. The van der Waals surface area contributed by atoms with Crippen LogP contribution in [0.2, 0.25) is 0 Å². The highest BCUT2D eigenvalue weighted by molar-refractivity contribution is 9.10. The van der Waals surface area contributed by atoms with Crippen molar-refractivity contribution in [2.24, 2.45) is 5.10 Å². The number of ether oxygens (including phenoxy) is 1. The van der Waals surface area contributed by atoms with Gasteiger partial charge in [-0.2, -0.15) is 5.10 Å². The molecular weight excluding hydrogens is 368 g/mol. The number of fused-ring (bicyclic) bond motifs is 1. The number of amides is 1. The van der Waals surface area contributed by atoms with Crippen molar-refractivity contribution in [3.8, 4) is 5.75 Å². The molecule has 0 aliphatic heterocycles. The van der Waals surface area contributed by atoms with Gasteiger partial charge in [0, 0.05) is 5.56 Å². The van der Waals surface area contributed by atoms with Crippen LogP contribution in [0, 0.1) is 6.92 Å². The lowest BCUT2D eigenvalue weighted by Gasteiger charge is -2.17. The van der Waals surface area contributed by atoms with Crippen LogP contribution in [-0.2, 0) is 11.2 Å². The monoisotopic (exact) mass is 386 g/mol. The van der Waals surface area contributed by atoms with Crippen molar-refractivity contribution in [2.45, 2.75) is 26.2 Å². The van der Waals surface area contributed by atoms with Crippen molar-refractivity contribution in [1.29, 1.82) is 0 Å². The lowest BCUT2D eigenvalue weighted by atomic mass is 9.90. The van der Waals surface area contributed by atoms with Gasteiger partial charge in [-0.05, 0) is 65.4 Å². The molecule has 4 nitrogen and oxygen atoms in total. The van der Waals surface area contributed by atoms with Gasteiger partial charge in [0.15, 0.2) is 6.61 Å². The van der Waals surface area contributed by atoms with Gasteiger partial charge in [-0.1, -0.05) is 30.3 Å². The molecule has 5 heteroatoms. The smallest absolute Gasteiger partial charge is 0.277 e. The Morgan fingerprint density at radius 3 is 2.92 bits per heavy atom. The minimum Gasteiger partial charge on any atom is -0.483 e. The maximum absolute atomic E-state index is 12.0. The first-order valence-corrected chi connectivity index (χ1v) is 8.75. The van der Waals surface area contributed by atoms with Crippen LogP contribution in [-0.4, -0.2) is 18.2 Å². The molecule has 1 aliphatic carbocycles. The number of rotatable bonds is 4. The summed E-state index contributed by atoms with van der Waals surface area (Å²) in [7, 11) is 0. The first-order valence-electron chi connectivity index (χ1n) is 7.96. The summed E-state index contributed by atoms with van der Waals surface area (Å²) < 4.78 is 6.37. The zero-order valence-electron chi connectivity index (χ0n) is 13.5. The molecule has 0 fully saturated rings. The van der Waals surface area contributed by atoms with E-state index < -0.39 is 0 Å². The minimum absolute atomic E-state index is 0.0694. The summed E-state index contributed by atoms with van der Waals surface area (Å²) >= 11 is 3.43. The van der Waals surface area contributed by atoms with Gasteiger partial charge in [0.25, 0.3) is 5.91 Å². The quantitative estimate of drug-likeness (QED) is 0.807. The van der Waals surface area contributed by atoms with Gasteiger partial charge in [-0.3, -0.25) is 4.79 Å². The van der Waals surface area contributed by atoms with Gasteiger partial charge >= 0.3 is 0 Å². The van der Waals surface area contributed by atoms with Gasteiger partial charge < -0.3 is 4.74 Å². The van der Waals surface area contributed by atoms with Crippen LogP contribution >= 0.6 is 15.9 Å². The van der Waals surface area contributed by atoms with E-state index in [2.05, 4.69) is 38.6 Å². The highest BCUT2D eigenvalue weighted by atomic mass is 79.9. The lowest BCUT2D eigenvalue weighted by Crippen LogP contribution is -2.27. The van der Waals surface area contributed by atoms with Crippen molar-refractivity contribution in [3.63, 3.8) is 0 Å². The largest absolute Gasteiger partial charge is 0.483 e. The third kappa shape index (κ3) is 4.03. The molecule has 0 atom stereocenters. The number of carbonyl (C=O) groups is 1. The summed E-state index contributed by atoms with van der Waals surface area (Å²) in [4.78, 5) is 12.0. The fourth-order valence-electron chi connectivity index (χ4n) is 2.75. The summed E-state index contributed by atoms with van der Waals surface area (Å²) in [6, 6.07) is 13.9. The maximum Gasteiger partial charge on any atom is 0.277 e. The van der Waals surface area contributed by atoms with Crippen molar-refractivity contribution in [3.05, 3.63) is 63.6 Å². The second-order valence-electron chi connectivity index (χ2n) is 5.83. The predicted molar refractivity (Wildman–Crippen MR) is 98.4 cm³/mol. The molecule has 0 aromatic heterocycles. The average Bonchev–Trinajstić information content (AvgIpc) is 2.59. The summed E-state index contributed by atoms with van der Waals surface area (Å²) in [6.45, 7) is 1.93. The number of hydrogen-bond acceptors (Lipinski definition) is 3. The molecule has 0 bridgehead atoms. The first-order chi connectivity index (χ1) is 11.6. The summed E-state index contributed by atoms with van der Waals surface area (Å²) in [5.74, 6) is 0.379. The second-order valence-corrected chi connectivity index (χ2v) is 6.68. The van der Waals surface area contributed by atoms with Gasteiger partial charge in [-0.25, -0.2) is 5.43 Å². The van der Waals surface area contributed by atoms with Crippen molar-refractivity contribution < 1.29 is 9.53 Å². The number of carbonyl (C=O) groups excluding carboxylic acids is 1. The van der Waals surface area contributed by atoms with E-state index in [1.807, 2.05) is 37.3 Å². The summed E-state index contributed by atoms with van der Waals surface area (Å²) in [5.41, 5.74) is 7.08. The topological polar surface area (TPSA) is 50.7 Å².